The Morgan fingerprint density at radius 3 is 2.21 bits per heavy atom. The van der Waals surface area contributed by atoms with Crippen LogP contribution in [-0.4, -0.2) is 48.3 Å². The van der Waals surface area contributed by atoms with E-state index in [4.69, 9.17) is 9.47 Å². The van der Waals surface area contributed by atoms with Crippen LogP contribution in [0.3, 0.4) is 0 Å². The zero-order valence-corrected chi connectivity index (χ0v) is 24.1. The topological polar surface area (TPSA) is 76.1 Å². The summed E-state index contributed by atoms with van der Waals surface area (Å²) >= 11 is 0. The van der Waals surface area contributed by atoms with Gasteiger partial charge in [-0.05, 0) is 61.7 Å². The van der Waals surface area contributed by atoms with Crippen molar-refractivity contribution in [3.8, 4) is 11.5 Å². The highest BCUT2D eigenvalue weighted by Gasteiger charge is 2.42. The predicted octanol–water partition coefficient (Wildman–Crippen LogP) is 5.97. The van der Waals surface area contributed by atoms with Crippen molar-refractivity contribution in [1.82, 2.24) is 4.90 Å². The minimum Gasteiger partial charge on any atom is -0.497 e. The molecule has 0 aliphatic carbocycles. The molecule has 214 valence electrons. The number of hydrogen-bond donors (Lipinski definition) is 0. The van der Waals surface area contributed by atoms with Crippen molar-refractivity contribution >= 4 is 23.3 Å². The number of Topliss-reactive ketones (excluding diaryl/α,β-unsaturated/α-hetero) is 1. The maximum Gasteiger partial charge on any atom is 0.271 e. The van der Waals surface area contributed by atoms with E-state index in [0.29, 0.717) is 47.8 Å². The second kappa shape index (κ2) is 12.3. The van der Waals surface area contributed by atoms with Gasteiger partial charge in [-0.2, -0.15) is 0 Å². The first-order valence-corrected chi connectivity index (χ1v) is 13.9. The van der Waals surface area contributed by atoms with Gasteiger partial charge in [-0.15, -0.1) is 0 Å². The highest BCUT2D eigenvalue weighted by atomic mass is 16.5. The molecule has 4 aromatic rings. The Kier molecular flexibility index (Phi) is 8.38. The second-order valence-corrected chi connectivity index (χ2v) is 10.8. The summed E-state index contributed by atoms with van der Waals surface area (Å²) in [6.07, 6.45) is 0.696. The van der Waals surface area contributed by atoms with E-state index in [-0.39, 0.29) is 24.1 Å². The first kappa shape index (κ1) is 28.6. The molecule has 0 radical (unpaired) electrons. The molecular formula is C35H34N2O5. The number of amides is 2. The Hall–Kier alpha value is -4.91. The fraction of sp³-hybridized carbons (Fsp3) is 0.229. The van der Waals surface area contributed by atoms with Gasteiger partial charge in [0.2, 0.25) is 0 Å². The third-order valence-electron chi connectivity index (χ3n) is 7.33. The summed E-state index contributed by atoms with van der Waals surface area (Å²) < 4.78 is 11.3. The summed E-state index contributed by atoms with van der Waals surface area (Å²) in [5.41, 5.74) is 2.20. The number of benzene rings is 4. The summed E-state index contributed by atoms with van der Waals surface area (Å²) in [4.78, 5) is 44.1. The van der Waals surface area contributed by atoms with Gasteiger partial charge >= 0.3 is 0 Å². The largest absolute Gasteiger partial charge is 0.497 e. The van der Waals surface area contributed by atoms with Gasteiger partial charge in [-0.1, -0.05) is 72.8 Å². The Morgan fingerprint density at radius 1 is 0.833 bits per heavy atom. The molecule has 0 fully saturated rings. The van der Waals surface area contributed by atoms with Crippen LogP contribution >= 0.6 is 0 Å². The van der Waals surface area contributed by atoms with Crippen molar-refractivity contribution in [3.05, 3.63) is 125 Å². The zero-order chi connectivity index (χ0) is 29.7. The van der Waals surface area contributed by atoms with Gasteiger partial charge in [0.1, 0.15) is 11.5 Å². The van der Waals surface area contributed by atoms with E-state index in [1.165, 1.54) is 12.0 Å². The molecular weight excluding hydrogens is 528 g/mol. The van der Waals surface area contributed by atoms with E-state index in [9.17, 15) is 14.4 Å². The van der Waals surface area contributed by atoms with Crippen LogP contribution in [0.2, 0.25) is 0 Å². The van der Waals surface area contributed by atoms with E-state index in [2.05, 4.69) is 0 Å². The molecule has 0 saturated heterocycles. The monoisotopic (exact) mass is 562 g/mol. The molecule has 0 spiro atoms. The average Bonchev–Trinajstić information content (AvgIpc) is 3.01. The van der Waals surface area contributed by atoms with Gasteiger partial charge < -0.3 is 14.4 Å². The van der Waals surface area contributed by atoms with E-state index in [1.807, 2.05) is 65.6 Å². The van der Waals surface area contributed by atoms with Crippen LogP contribution in [0.25, 0.3) is 0 Å². The molecule has 1 aliphatic rings. The first-order valence-electron chi connectivity index (χ1n) is 13.9. The van der Waals surface area contributed by atoms with Gasteiger partial charge in [0.25, 0.3) is 11.8 Å². The minimum absolute atomic E-state index is 0.172. The van der Waals surface area contributed by atoms with E-state index in [0.717, 1.165) is 11.1 Å². The summed E-state index contributed by atoms with van der Waals surface area (Å²) in [5, 5.41) is 0. The summed E-state index contributed by atoms with van der Waals surface area (Å²) in [7, 11) is 1.54. The van der Waals surface area contributed by atoms with Crippen molar-refractivity contribution in [1.29, 1.82) is 0 Å². The third-order valence-corrected chi connectivity index (χ3v) is 7.33. The smallest absolute Gasteiger partial charge is 0.271 e. The lowest BCUT2D eigenvalue weighted by Crippen LogP contribution is -2.54. The van der Waals surface area contributed by atoms with Gasteiger partial charge in [-0.25, -0.2) is 0 Å². The molecule has 0 atom stereocenters. The number of nitrogens with zero attached hydrogens (tertiary/aromatic N) is 2. The average molecular weight is 563 g/mol. The fourth-order valence-electron chi connectivity index (χ4n) is 5.04. The normalized spacial score (nSPS) is 13.6. The maximum atomic E-state index is 14.0. The Morgan fingerprint density at radius 2 is 1.52 bits per heavy atom. The molecule has 0 unspecified atom stereocenters. The number of ether oxygens (including phenoxy) is 2. The predicted molar refractivity (Wildman–Crippen MR) is 162 cm³/mol. The van der Waals surface area contributed by atoms with Crippen molar-refractivity contribution in [2.75, 3.05) is 25.1 Å². The summed E-state index contributed by atoms with van der Waals surface area (Å²) in [6, 6.07) is 31.8. The molecule has 7 heteroatoms. The molecule has 1 heterocycles. The number of carbonyl (C=O) groups is 3. The van der Waals surface area contributed by atoms with Crippen LogP contribution in [0.1, 0.15) is 45.7 Å². The number of carbonyl (C=O) groups excluding carboxylic acids is 3. The SMILES string of the molecule is COc1cccc(C(=O)CN2C(=O)C(C)(C)Oc3ccc(C(=O)N(CCc4ccccc4)Cc4ccccc4)cc32)c1. The molecule has 5 rings (SSSR count). The second-order valence-electron chi connectivity index (χ2n) is 10.8. The number of methoxy groups -OCH3 is 1. The minimum atomic E-state index is -1.18. The van der Waals surface area contributed by atoms with Crippen molar-refractivity contribution in [2.24, 2.45) is 0 Å². The van der Waals surface area contributed by atoms with Crippen molar-refractivity contribution < 1.29 is 23.9 Å². The van der Waals surface area contributed by atoms with Gasteiger partial charge in [0, 0.05) is 24.2 Å². The quantitative estimate of drug-likeness (QED) is 0.223. The van der Waals surface area contributed by atoms with Crippen LogP contribution < -0.4 is 14.4 Å². The zero-order valence-electron chi connectivity index (χ0n) is 24.1. The summed E-state index contributed by atoms with van der Waals surface area (Å²) in [6.45, 7) is 4.08. The van der Waals surface area contributed by atoms with Crippen molar-refractivity contribution in [3.63, 3.8) is 0 Å². The molecule has 0 saturated carbocycles. The standard InChI is InChI=1S/C35H34N2O5/c1-35(2)34(40)37(24-31(38)27-15-10-16-29(21-27)41-3)30-22-28(17-18-32(30)42-35)33(39)36(23-26-13-8-5-9-14-26)20-19-25-11-6-4-7-12-25/h4-18,21-22H,19-20,23-24H2,1-3H3. The summed E-state index contributed by atoms with van der Waals surface area (Å²) in [5.74, 6) is 0.205. The van der Waals surface area contributed by atoms with Gasteiger partial charge in [-0.3, -0.25) is 19.3 Å². The fourth-order valence-corrected chi connectivity index (χ4v) is 5.04. The lowest BCUT2D eigenvalue weighted by Gasteiger charge is -2.38. The third kappa shape index (κ3) is 6.36. The molecule has 0 bridgehead atoms. The number of rotatable bonds is 10. The molecule has 0 N–H and O–H groups in total. The molecule has 0 aromatic heterocycles. The van der Waals surface area contributed by atoms with Gasteiger partial charge in [0.05, 0.1) is 19.3 Å². The lowest BCUT2D eigenvalue weighted by molar-refractivity contribution is -0.132. The van der Waals surface area contributed by atoms with Crippen LogP contribution in [0.5, 0.6) is 11.5 Å². The number of ketones is 1. The van der Waals surface area contributed by atoms with Crippen LogP contribution in [0.4, 0.5) is 5.69 Å². The number of anilines is 1. The van der Waals surface area contributed by atoms with E-state index in [1.54, 1.807) is 56.3 Å². The van der Waals surface area contributed by atoms with Crippen LogP contribution in [-0.2, 0) is 17.8 Å². The maximum absolute atomic E-state index is 14.0. The highest BCUT2D eigenvalue weighted by Crippen LogP contribution is 2.39. The Bertz CT molecular complexity index is 1580. The first-order chi connectivity index (χ1) is 20.2. The molecule has 1 aliphatic heterocycles. The highest BCUT2D eigenvalue weighted by molar-refractivity contribution is 6.10. The van der Waals surface area contributed by atoms with E-state index >= 15 is 0 Å². The number of fused-ring (bicyclic) bond motifs is 1. The van der Waals surface area contributed by atoms with E-state index < -0.39 is 5.60 Å². The Labute approximate surface area is 246 Å². The molecule has 4 aromatic carbocycles. The lowest BCUT2D eigenvalue weighted by atomic mass is 10.0. The van der Waals surface area contributed by atoms with Crippen LogP contribution in [0.15, 0.2) is 103 Å². The Balaban J connectivity index is 1.45. The van der Waals surface area contributed by atoms with Gasteiger partial charge in [0.15, 0.2) is 11.4 Å². The molecule has 2 amide bonds. The van der Waals surface area contributed by atoms with Crippen LogP contribution in [0, 0.1) is 0 Å². The molecule has 42 heavy (non-hydrogen) atoms. The number of hydrogen-bond acceptors (Lipinski definition) is 5. The van der Waals surface area contributed by atoms with Crippen molar-refractivity contribution in [2.45, 2.75) is 32.4 Å². The molecule has 7 nitrogen and oxygen atoms in total.